The summed E-state index contributed by atoms with van der Waals surface area (Å²) in [6.07, 6.45) is 0.361. The molecule has 0 radical (unpaired) electrons. The highest BCUT2D eigenvalue weighted by molar-refractivity contribution is 9.11. The summed E-state index contributed by atoms with van der Waals surface area (Å²) < 4.78 is 1.62. The van der Waals surface area contributed by atoms with E-state index in [0.717, 1.165) is 13.8 Å². The fraction of sp³-hybridized carbons (Fsp3) is 0.0833. The van der Waals surface area contributed by atoms with E-state index in [9.17, 15) is 4.79 Å². The van der Waals surface area contributed by atoms with Crippen molar-refractivity contribution >= 4 is 60.5 Å². The van der Waals surface area contributed by atoms with Crippen LogP contribution in [-0.4, -0.2) is 5.91 Å². The van der Waals surface area contributed by atoms with Gasteiger partial charge in [-0.1, -0.05) is 22.0 Å². The molecule has 18 heavy (non-hydrogen) atoms. The first-order valence-electron chi connectivity index (χ1n) is 5.13. The van der Waals surface area contributed by atoms with Gasteiger partial charge in [0.15, 0.2) is 0 Å². The molecule has 0 saturated carbocycles. The molecule has 2 rings (SSSR count). The van der Waals surface area contributed by atoms with Crippen LogP contribution in [0, 0.1) is 0 Å². The second kappa shape index (κ2) is 5.86. The third kappa shape index (κ3) is 3.34. The summed E-state index contributed by atoms with van der Waals surface area (Å²) in [6, 6.07) is 7.46. The number of rotatable bonds is 3. The average molecular weight is 390 g/mol. The molecule has 3 N–H and O–H groups in total. The fourth-order valence-corrected chi connectivity index (χ4v) is 3.54. The minimum atomic E-state index is -0.0767. The Bertz CT molecular complexity index is 546. The summed E-state index contributed by atoms with van der Waals surface area (Å²) >= 11 is 8.28. The van der Waals surface area contributed by atoms with E-state index >= 15 is 0 Å². The van der Waals surface area contributed by atoms with Crippen LogP contribution in [-0.2, 0) is 11.2 Å². The molecule has 0 aliphatic carbocycles. The Hall–Kier alpha value is -0.850. The Labute approximate surface area is 126 Å². The van der Waals surface area contributed by atoms with E-state index in [-0.39, 0.29) is 5.91 Å². The molecule has 0 saturated heterocycles. The van der Waals surface area contributed by atoms with Gasteiger partial charge in [-0.15, -0.1) is 11.3 Å². The number of nitrogens with one attached hydrogen (secondary N) is 1. The minimum absolute atomic E-state index is 0.0767. The lowest BCUT2D eigenvalue weighted by Crippen LogP contribution is -2.15. The number of nitrogen functional groups attached to an aromatic ring is 1. The number of amides is 1. The SMILES string of the molecule is Nc1cc(Br)cc(Br)c1NC(=O)Cc1cccs1. The zero-order valence-corrected chi connectivity index (χ0v) is 13.2. The molecule has 94 valence electrons. The number of carbonyl (C=O) groups excluding carboxylic acids is 1. The van der Waals surface area contributed by atoms with E-state index in [2.05, 4.69) is 37.2 Å². The molecule has 1 heterocycles. The normalized spacial score (nSPS) is 10.3. The predicted octanol–water partition coefficient (Wildman–Crippen LogP) is 4.04. The molecule has 1 amide bonds. The number of benzene rings is 1. The molecule has 2 aromatic rings. The smallest absolute Gasteiger partial charge is 0.229 e. The first kappa shape index (κ1) is 13.6. The van der Waals surface area contributed by atoms with Gasteiger partial charge in [-0.2, -0.15) is 0 Å². The topological polar surface area (TPSA) is 55.1 Å². The summed E-state index contributed by atoms with van der Waals surface area (Å²) in [6.45, 7) is 0. The summed E-state index contributed by atoms with van der Waals surface area (Å²) in [5, 5.41) is 4.77. The van der Waals surface area contributed by atoms with E-state index in [1.165, 1.54) is 0 Å². The number of carbonyl (C=O) groups is 1. The lowest BCUT2D eigenvalue weighted by Gasteiger charge is -2.10. The lowest BCUT2D eigenvalue weighted by atomic mass is 10.2. The van der Waals surface area contributed by atoms with Crippen molar-refractivity contribution in [3.63, 3.8) is 0 Å². The average Bonchev–Trinajstić information content (AvgIpc) is 2.76. The number of halogens is 2. The zero-order valence-electron chi connectivity index (χ0n) is 9.24. The number of hydrogen-bond acceptors (Lipinski definition) is 3. The van der Waals surface area contributed by atoms with E-state index < -0.39 is 0 Å². The first-order valence-corrected chi connectivity index (χ1v) is 7.59. The summed E-state index contributed by atoms with van der Waals surface area (Å²) in [4.78, 5) is 12.9. The second-order valence-electron chi connectivity index (χ2n) is 3.66. The predicted molar refractivity (Wildman–Crippen MR) is 82.9 cm³/mol. The van der Waals surface area contributed by atoms with E-state index in [1.54, 1.807) is 17.4 Å². The van der Waals surface area contributed by atoms with Crippen molar-refractivity contribution in [2.75, 3.05) is 11.1 Å². The third-order valence-electron chi connectivity index (χ3n) is 2.26. The third-order valence-corrected chi connectivity index (χ3v) is 4.22. The molecule has 6 heteroatoms. The molecule has 0 fully saturated rings. The van der Waals surface area contributed by atoms with Crippen molar-refractivity contribution in [1.82, 2.24) is 0 Å². The van der Waals surface area contributed by atoms with Gasteiger partial charge in [0.2, 0.25) is 5.91 Å². The van der Waals surface area contributed by atoms with Crippen LogP contribution in [0.15, 0.2) is 38.6 Å². The Morgan fingerprint density at radius 2 is 2.17 bits per heavy atom. The monoisotopic (exact) mass is 388 g/mol. The van der Waals surface area contributed by atoms with E-state index in [1.807, 2.05) is 23.6 Å². The molecule has 0 spiro atoms. The molecule has 0 atom stereocenters. The molecule has 1 aromatic heterocycles. The number of anilines is 2. The van der Waals surface area contributed by atoms with Crippen LogP contribution < -0.4 is 11.1 Å². The number of thiophene rings is 1. The molecule has 1 aromatic carbocycles. The first-order chi connectivity index (χ1) is 8.56. The van der Waals surface area contributed by atoms with Crippen LogP contribution in [0.5, 0.6) is 0 Å². The highest BCUT2D eigenvalue weighted by atomic mass is 79.9. The van der Waals surface area contributed by atoms with Gasteiger partial charge >= 0.3 is 0 Å². The summed E-state index contributed by atoms with van der Waals surface area (Å²) in [5.41, 5.74) is 7.01. The van der Waals surface area contributed by atoms with Crippen LogP contribution in [0.3, 0.4) is 0 Å². The Morgan fingerprint density at radius 1 is 1.39 bits per heavy atom. The quantitative estimate of drug-likeness (QED) is 0.778. The highest BCUT2D eigenvalue weighted by Gasteiger charge is 2.11. The van der Waals surface area contributed by atoms with Gasteiger partial charge in [-0.05, 0) is 39.5 Å². The van der Waals surface area contributed by atoms with Gasteiger partial charge < -0.3 is 11.1 Å². The largest absolute Gasteiger partial charge is 0.397 e. The second-order valence-corrected chi connectivity index (χ2v) is 6.46. The van der Waals surface area contributed by atoms with Gasteiger partial charge in [0.1, 0.15) is 0 Å². The van der Waals surface area contributed by atoms with Crippen LogP contribution in [0.4, 0.5) is 11.4 Å². The molecule has 0 bridgehead atoms. The highest BCUT2D eigenvalue weighted by Crippen LogP contribution is 2.32. The molecular weight excluding hydrogens is 380 g/mol. The number of hydrogen-bond donors (Lipinski definition) is 2. The van der Waals surface area contributed by atoms with E-state index in [0.29, 0.717) is 17.8 Å². The molecule has 3 nitrogen and oxygen atoms in total. The molecule has 0 unspecified atom stereocenters. The van der Waals surface area contributed by atoms with Crippen LogP contribution in [0.1, 0.15) is 4.88 Å². The fourth-order valence-electron chi connectivity index (χ4n) is 1.48. The van der Waals surface area contributed by atoms with Crippen molar-refractivity contribution in [3.8, 4) is 0 Å². The maximum Gasteiger partial charge on any atom is 0.229 e. The zero-order chi connectivity index (χ0) is 13.1. The van der Waals surface area contributed by atoms with Crippen LogP contribution in [0.25, 0.3) is 0 Å². The number of nitrogens with two attached hydrogens (primary N) is 1. The van der Waals surface area contributed by atoms with Gasteiger partial charge in [0.25, 0.3) is 0 Å². The van der Waals surface area contributed by atoms with Gasteiger partial charge in [0, 0.05) is 13.8 Å². The Balaban J connectivity index is 2.12. The van der Waals surface area contributed by atoms with Gasteiger partial charge in [-0.25, -0.2) is 0 Å². The maximum absolute atomic E-state index is 11.9. The van der Waals surface area contributed by atoms with Crippen molar-refractivity contribution in [2.24, 2.45) is 0 Å². The van der Waals surface area contributed by atoms with Crippen molar-refractivity contribution in [2.45, 2.75) is 6.42 Å². The lowest BCUT2D eigenvalue weighted by molar-refractivity contribution is -0.115. The van der Waals surface area contributed by atoms with Crippen LogP contribution in [0.2, 0.25) is 0 Å². The molecular formula is C12H10Br2N2OS. The van der Waals surface area contributed by atoms with Crippen molar-refractivity contribution in [3.05, 3.63) is 43.5 Å². The summed E-state index contributed by atoms with van der Waals surface area (Å²) in [5.74, 6) is -0.0767. The van der Waals surface area contributed by atoms with Crippen molar-refractivity contribution in [1.29, 1.82) is 0 Å². The Kier molecular flexibility index (Phi) is 4.42. The molecule has 0 aliphatic heterocycles. The van der Waals surface area contributed by atoms with Gasteiger partial charge in [0.05, 0.1) is 17.8 Å². The minimum Gasteiger partial charge on any atom is -0.397 e. The van der Waals surface area contributed by atoms with Gasteiger partial charge in [-0.3, -0.25) is 4.79 Å². The molecule has 0 aliphatic rings. The van der Waals surface area contributed by atoms with Crippen LogP contribution >= 0.6 is 43.2 Å². The standard InChI is InChI=1S/C12H10Br2N2OS/c13-7-4-9(14)12(10(15)5-7)16-11(17)6-8-2-1-3-18-8/h1-5H,6,15H2,(H,16,17). The maximum atomic E-state index is 11.9. The van der Waals surface area contributed by atoms with E-state index in [4.69, 9.17) is 5.73 Å². The van der Waals surface area contributed by atoms with Crippen molar-refractivity contribution < 1.29 is 4.79 Å². The summed E-state index contributed by atoms with van der Waals surface area (Å²) in [7, 11) is 0. The Morgan fingerprint density at radius 3 is 2.78 bits per heavy atom.